The van der Waals surface area contributed by atoms with Gasteiger partial charge in [0.2, 0.25) is 6.10 Å². The van der Waals surface area contributed by atoms with E-state index in [2.05, 4.69) is 89.6 Å². The molecule has 0 fully saturated rings. The second-order valence-corrected chi connectivity index (χ2v) is 8.40. The molecule has 0 aliphatic carbocycles. The van der Waals surface area contributed by atoms with E-state index < -0.39 is 6.10 Å². The van der Waals surface area contributed by atoms with Crippen LogP contribution in [0.15, 0.2) is 71.9 Å². The van der Waals surface area contributed by atoms with Gasteiger partial charge in [0, 0.05) is 23.9 Å². The largest absolute Gasteiger partial charge is 0.377 e. The van der Waals surface area contributed by atoms with E-state index in [1.165, 1.54) is 22.2 Å². The first-order valence-electron chi connectivity index (χ1n) is 11.5. The lowest BCUT2D eigenvalue weighted by atomic mass is 10.0. The van der Waals surface area contributed by atoms with Gasteiger partial charge < -0.3 is 14.7 Å². The first kappa shape index (κ1) is 22.6. The minimum atomic E-state index is -0.603. The summed E-state index contributed by atoms with van der Waals surface area (Å²) < 4.78 is 2.41. The van der Waals surface area contributed by atoms with Crippen LogP contribution >= 0.6 is 0 Å². The van der Waals surface area contributed by atoms with Gasteiger partial charge in [-0.2, -0.15) is 5.26 Å². The highest BCUT2D eigenvalue weighted by Crippen LogP contribution is 2.25. The van der Waals surface area contributed by atoms with Crippen molar-refractivity contribution in [2.75, 3.05) is 6.54 Å². The number of nitrogens with one attached hydrogen (secondary N) is 1. The molecule has 1 heterocycles. The topological polar surface area (TPSA) is 62.3 Å². The summed E-state index contributed by atoms with van der Waals surface area (Å²) >= 11 is 0. The fraction of sp³-hybridized carbons (Fsp3) is 0.286. The molecule has 168 valence electrons. The van der Waals surface area contributed by atoms with Crippen LogP contribution in [0.3, 0.4) is 0 Å². The fourth-order valence-corrected chi connectivity index (χ4v) is 4.19. The van der Waals surface area contributed by atoms with E-state index in [4.69, 9.17) is 10.1 Å². The van der Waals surface area contributed by atoms with Crippen LogP contribution in [0.1, 0.15) is 30.0 Å². The third kappa shape index (κ3) is 4.92. The molecule has 0 bridgehead atoms. The minimum Gasteiger partial charge on any atom is -0.377 e. The van der Waals surface area contributed by atoms with Gasteiger partial charge in [-0.3, -0.25) is 0 Å². The van der Waals surface area contributed by atoms with Gasteiger partial charge in [-0.15, -0.1) is 0 Å². The average Bonchev–Trinajstić information content (AvgIpc) is 2.85. The number of benzene rings is 3. The van der Waals surface area contributed by atoms with Crippen LogP contribution in [-0.2, 0) is 17.9 Å². The van der Waals surface area contributed by atoms with Crippen LogP contribution in [0.5, 0.6) is 0 Å². The van der Waals surface area contributed by atoms with E-state index in [9.17, 15) is 0 Å². The minimum absolute atomic E-state index is 0.603. The number of nitrogens with zero attached hydrogens (tertiary/aromatic N) is 3. The molecule has 4 rings (SSSR count). The third-order valence-electron chi connectivity index (χ3n) is 6.07. The van der Waals surface area contributed by atoms with Crippen LogP contribution in [0.25, 0.3) is 21.8 Å². The van der Waals surface area contributed by atoms with Crippen molar-refractivity contribution in [3.05, 3.63) is 88.8 Å². The highest BCUT2D eigenvalue weighted by molar-refractivity contribution is 5.95. The molecule has 0 spiro atoms. The van der Waals surface area contributed by atoms with E-state index >= 15 is 0 Å². The number of nitriles is 1. The van der Waals surface area contributed by atoms with Crippen molar-refractivity contribution in [1.82, 2.24) is 9.88 Å². The summed E-state index contributed by atoms with van der Waals surface area (Å²) in [6.45, 7) is 8.70. The molecule has 1 unspecified atom stereocenters. The van der Waals surface area contributed by atoms with Crippen molar-refractivity contribution in [3.63, 3.8) is 0 Å². The fourth-order valence-electron chi connectivity index (χ4n) is 4.19. The first-order chi connectivity index (χ1) is 16.1. The summed E-state index contributed by atoms with van der Waals surface area (Å²) in [6, 6.07) is 25.1. The Morgan fingerprint density at radius 3 is 2.55 bits per heavy atom. The first-order valence-corrected chi connectivity index (χ1v) is 11.5. The second kappa shape index (κ2) is 10.3. The number of rotatable bonds is 8. The van der Waals surface area contributed by atoms with Gasteiger partial charge in [0.1, 0.15) is 11.4 Å². The molecule has 0 radical (unpaired) electrons. The Kier molecular flexibility index (Phi) is 7.07. The summed E-state index contributed by atoms with van der Waals surface area (Å²) in [5.74, 6) is 0. The zero-order valence-corrected chi connectivity index (χ0v) is 19.5. The molecule has 0 aliphatic heterocycles. The van der Waals surface area contributed by atoms with Gasteiger partial charge in [0.25, 0.3) is 0 Å². The van der Waals surface area contributed by atoms with E-state index in [-0.39, 0.29) is 0 Å². The maximum atomic E-state index is 9.13. The van der Waals surface area contributed by atoms with Crippen molar-refractivity contribution in [1.29, 1.82) is 5.26 Å². The lowest BCUT2D eigenvalue weighted by Gasteiger charge is -2.19. The molecule has 0 amide bonds. The van der Waals surface area contributed by atoms with Crippen molar-refractivity contribution in [2.24, 2.45) is 5.16 Å². The number of fused-ring (bicyclic) bond motifs is 2. The zero-order valence-electron chi connectivity index (χ0n) is 19.5. The zero-order chi connectivity index (χ0) is 23.2. The van der Waals surface area contributed by atoms with Gasteiger partial charge in [-0.1, -0.05) is 65.8 Å². The Labute approximate surface area is 194 Å². The molecule has 0 saturated carbocycles. The lowest BCUT2D eigenvalue weighted by molar-refractivity contribution is 0.102. The van der Waals surface area contributed by atoms with Crippen LogP contribution < -0.4 is 10.7 Å². The SMILES string of the molecule is Cc1ccc2c(=NOC(C)C#N)c3ccccc3n(CCCNCc3ccccc3)c2c1C. The van der Waals surface area contributed by atoms with Crippen molar-refractivity contribution in [2.45, 2.75) is 46.4 Å². The van der Waals surface area contributed by atoms with E-state index in [0.29, 0.717) is 0 Å². The quantitative estimate of drug-likeness (QED) is 0.230. The summed E-state index contributed by atoms with van der Waals surface area (Å²) in [6.07, 6.45) is 0.399. The third-order valence-corrected chi connectivity index (χ3v) is 6.07. The Balaban J connectivity index is 1.72. The van der Waals surface area contributed by atoms with E-state index in [1.54, 1.807) is 6.92 Å². The number of hydrogen-bond acceptors (Lipinski definition) is 4. The van der Waals surface area contributed by atoms with Crippen molar-refractivity contribution >= 4 is 21.8 Å². The maximum absolute atomic E-state index is 9.13. The van der Waals surface area contributed by atoms with Crippen molar-refractivity contribution < 1.29 is 4.84 Å². The van der Waals surface area contributed by atoms with Gasteiger partial charge in [0.05, 0.1) is 11.0 Å². The normalized spacial score (nSPS) is 12.7. The molecule has 0 aliphatic rings. The summed E-state index contributed by atoms with van der Waals surface area (Å²) in [7, 11) is 0. The molecule has 4 aromatic rings. The molecule has 5 heteroatoms. The molecule has 1 atom stereocenters. The smallest absolute Gasteiger partial charge is 0.209 e. The summed E-state index contributed by atoms with van der Waals surface area (Å²) in [5.41, 5.74) is 6.06. The predicted octanol–water partition coefficient (Wildman–Crippen LogP) is 5.34. The Morgan fingerprint density at radius 1 is 1.00 bits per heavy atom. The van der Waals surface area contributed by atoms with E-state index in [0.717, 1.165) is 47.7 Å². The van der Waals surface area contributed by atoms with Gasteiger partial charge in [-0.25, -0.2) is 0 Å². The molecule has 1 N–H and O–H groups in total. The van der Waals surface area contributed by atoms with Crippen LogP contribution in [0.2, 0.25) is 0 Å². The highest BCUT2D eigenvalue weighted by atomic mass is 16.6. The average molecular weight is 439 g/mol. The lowest BCUT2D eigenvalue weighted by Crippen LogP contribution is -2.19. The molecule has 1 aromatic heterocycles. The summed E-state index contributed by atoms with van der Waals surface area (Å²) in [5, 5.41) is 20.0. The molecule has 3 aromatic carbocycles. The Morgan fingerprint density at radius 2 is 1.76 bits per heavy atom. The van der Waals surface area contributed by atoms with Crippen LogP contribution in [0, 0.1) is 25.2 Å². The number of aryl methyl sites for hydroxylation is 3. The Bertz CT molecular complexity index is 1370. The van der Waals surface area contributed by atoms with Gasteiger partial charge in [-0.05, 0) is 56.5 Å². The van der Waals surface area contributed by atoms with Crippen molar-refractivity contribution in [3.8, 4) is 6.07 Å². The maximum Gasteiger partial charge on any atom is 0.209 e. The number of para-hydroxylation sites is 1. The Hall–Kier alpha value is -3.62. The number of pyridine rings is 1. The standard InChI is InChI=1S/C28H30N4O/c1-20-14-15-25-27(31-33-21(2)18-29)24-12-7-8-13-26(24)32(28(25)22(20)3)17-9-16-30-19-23-10-5-4-6-11-23/h4-8,10-15,21,30H,9,16-17,19H2,1-3H3. The molecule has 0 saturated heterocycles. The number of aromatic nitrogens is 1. The predicted molar refractivity (Wildman–Crippen MR) is 133 cm³/mol. The molecule has 5 nitrogen and oxygen atoms in total. The van der Waals surface area contributed by atoms with E-state index in [1.807, 2.05) is 12.1 Å². The monoisotopic (exact) mass is 438 g/mol. The van der Waals surface area contributed by atoms with Gasteiger partial charge in [0.15, 0.2) is 0 Å². The van der Waals surface area contributed by atoms with Gasteiger partial charge >= 0.3 is 0 Å². The highest BCUT2D eigenvalue weighted by Gasteiger charge is 2.13. The molecular weight excluding hydrogens is 408 g/mol. The summed E-state index contributed by atoms with van der Waals surface area (Å²) in [4.78, 5) is 5.50. The molecular formula is C28H30N4O. The van der Waals surface area contributed by atoms with Crippen LogP contribution in [-0.4, -0.2) is 17.2 Å². The molecule has 33 heavy (non-hydrogen) atoms. The van der Waals surface area contributed by atoms with Crippen LogP contribution in [0.4, 0.5) is 0 Å². The number of hydrogen-bond donors (Lipinski definition) is 1. The second-order valence-electron chi connectivity index (χ2n) is 8.40.